The lowest BCUT2D eigenvalue weighted by Gasteiger charge is -2.08. The average Bonchev–Trinajstić information content (AvgIpc) is 2.47. The van der Waals surface area contributed by atoms with E-state index in [1.807, 2.05) is 6.92 Å². The number of ether oxygens (including phenoxy) is 3. The van der Waals surface area contributed by atoms with Gasteiger partial charge in [-0.3, -0.25) is 4.79 Å². The molecule has 4 heteroatoms. The van der Waals surface area contributed by atoms with E-state index in [9.17, 15) is 4.79 Å². The lowest BCUT2D eigenvalue weighted by atomic mass is 10.4. The molecule has 1 aliphatic rings. The van der Waals surface area contributed by atoms with Crippen molar-refractivity contribution >= 4 is 5.97 Å². The van der Waals surface area contributed by atoms with E-state index in [-0.39, 0.29) is 18.4 Å². The predicted molar refractivity (Wildman–Crippen MR) is 41.5 cm³/mol. The van der Waals surface area contributed by atoms with Gasteiger partial charge in [-0.05, 0) is 6.92 Å². The lowest BCUT2D eigenvalue weighted by molar-refractivity contribution is -0.147. The standard InChI is InChI=1S/C8H14O4/c1-3-8(9)11-5-7-4-10-6(2)12-7/h6-7H,3-5H2,1-2H3/t6-,7?/m0/s1. The Balaban J connectivity index is 2.11. The average molecular weight is 174 g/mol. The van der Waals surface area contributed by atoms with E-state index < -0.39 is 0 Å². The van der Waals surface area contributed by atoms with Gasteiger partial charge in [-0.25, -0.2) is 0 Å². The summed E-state index contributed by atoms with van der Waals surface area (Å²) in [5, 5.41) is 0. The van der Waals surface area contributed by atoms with Gasteiger partial charge < -0.3 is 14.2 Å². The highest BCUT2D eigenvalue weighted by Gasteiger charge is 2.23. The Hall–Kier alpha value is -0.610. The first kappa shape index (κ1) is 9.48. The molecular formula is C8H14O4. The maximum absolute atomic E-state index is 10.7. The molecule has 0 saturated carbocycles. The molecule has 0 bridgehead atoms. The van der Waals surface area contributed by atoms with Crippen LogP contribution in [0.15, 0.2) is 0 Å². The van der Waals surface area contributed by atoms with E-state index >= 15 is 0 Å². The van der Waals surface area contributed by atoms with Crippen molar-refractivity contribution < 1.29 is 19.0 Å². The van der Waals surface area contributed by atoms with Crippen molar-refractivity contribution in [1.82, 2.24) is 0 Å². The normalized spacial score (nSPS) is 28.8. The van der Waals surface area contributed by atoms with Crippen molar-refractivity contribution in [3.63, 3.8) is 0 Å². The van der Waals surface area contributed by atoms with E-state index in [1.165, 1.54) is 0 Å². The van der Waals surface area contributed by atoms with Crippen LogP contribution in [0.1, 0.15) is 20.3 Å². The van der Waals surface area contributed by atoms with Crippen LogP contribution in [0.2, 0.25) is 0 Å². The third-order valence-electron chi connectivity index (χ3n) is 1.62. The molecule has 0 radical (unpaired) electrons. The highest BCUT2D eigenvalue weighted by molar-refractivity contribution is 5.68. The van der Waals surface area contributed by atoms with Crippen LogP contribution in [0.3, 0.4) is 0 Å². The molecule has 0 N–H and O–H groups in total. The van der Waals surface area contributed by atoms with E-state index in [4.69, 9.17) is 14.2 Å². The molecule has 1 heterocycles. The van der Waals surface area contributed by atoms with Crippen LogP contribution < -0.4 is 0 Å². The van der Waals surface area contributed by atoms with Gasteiger partial charge in [-0.2, -0.15) is 0 Å². The van der Waals surface area contributed by atoms with Crippen LogP contribution >= 0.6 is 0 Å². The Kier molecular flexibility index (Phi) is 3.49. The minimum absolute atomic E-state index is 0.0875. The smallest absolute Gasteiger partial charge is 0.305 e. The number of esters is 1. The van der Waals surface area contributed by atoms with Gasteiger partial charge in [0.25, 0.3) is 0 Å². The van der Waals surface area contributed by atoms with Crippen molar-refractivity contribution in [2.45, 2.75) is 32.7 Å². The molecule has 1 fully saturated rings. The number of carbonyl (C=O) groups is 1. The number of rotatable bonds is 3. The maximum Gasteiger partial charge on any atom is 0.305 e. The fraction of sp³-hybridized carbons (Fsp3) is 0.875. The topological polar surface area (TPSA) is 44.8 Å². The van der Waals surface area contributed by atoms with Crippen molar-refractivity contribution in [1.29, 1.82) is 0 Å². The second kappa shape index (κ2) is 4.42. The van der Waals surface area contributed by atoms with E-state index in [2.05, 4.69) is 0 Å². The minimum Gasteiger partial charge on any atom is -0.463 e. The Morgan fingerprint density at radius 3 is 2.92 bits per heavy atom. The Morgan fingerprint density at radius 1 is 1.67 bits per heavy atom. The molecular weight excluding hydrogens is 160 g/mol. The summed E-state index contributed by atoms with van der Waals surface area (Å²) in [6.45, 7) is 4.40. The van der Waals surface area contributed by atoms with Gasteiger partial charge in [0.15, 0.2) is 6.29 Å². The molecule has 0 amide bonds. The minimum atomic E-state index is -0.196. The van der Waals surface area contributed by atoms with Crippen molar-refractivity contribution in [2.75, 3.05) is 13.2 Å². The van der Waals surface area contributed by atoms with Crippen LogP contribution in [0.25, 0.3) is 0 Å². The first-order valence-corrected chi connectivity index (χ1v) is 4.15. The first-order chi connectivity index (χ1) is 5.72. The number of hydrogen-bond acceptors (Lipinski definition) is 4. The van der Waals surface area contributed by atoms with Gasteiger partial charge in [-0.15, -0.1) is 0 Å². The summed E-state index contributed by atoms with van der Waals surface area (Å²) >= 11 is 0. The van der Waals surface area contributed by atoms with Gasteiger partial charge in [0, 0.05) is 6.42 Å². The zero-order valence-corrected chi connectivity index (χ0v) is 7.41. The molecule has 1 unspecified atom stereocenters. The van der Waals surface area contributed by atoms with E-state index in [0.717, 1.165) is 0 Å². The number of hydrogen-bond donors (Lipinski definition) is 0. The van der Waals surface area contributed by atoms with E-state index in [0.29, 0.717) is 19.6 Å². The summed E-state index contributed by atoms with van der Waals surface area (Å²) in [7, 11) is 0. The van der Waals surface area contributed by atoms with Crippen LogP contribution in [0.5, 0.6) is 0 Å². The molecule has 12 heavy (non-hydrogen) atoms. The molecule has 0 aromatic heterocycles. The van der Waals surface area contributed by atoms with Crippen LogP contribution in [-0.2, 0) is 19.0 Å². The zero-order chi connectivity index (χ0) is 8.97. The maximum atomic E-state index is 10.7. The van der Waals surface area contributed by atoms with Gasteiger partial charge >= 0.3 is 5.97 Å². The van der Waals surface area contributed by atoms with Crippen LogP contribution in [-0.4, -0.2) is 31.6 Å². The lowest BCUT2D eigenvalue weighted by Crippen LogP contribution is -2.20. The molecule has 4 nitrogen and oxygen atoms in total. The second-order valence-electron chi connectivity index (χ2n) is 2.70. The molecule has 70 valence electrons. The van der Waals surface area contributed by atoms with E-state index in [1.54, 1.807) is 6.92 Å². The molecule has 0 aromatic rings. The Bertz CT molecular complexity index is 157. The van der Waals surface area contributed by atoms with Gasteiger partial charge in [0.05, 0.1) is 6.61 Å². The highest BCUT2D eigenvalue weighted by atomic mass is 16.7. The number of carbonyl (C=O) groups excluding carboxylic acids is 1. The first-order valence-electron chi connectivity index (χ1n) is 4.15. The largest absolute Gasteiger partial charge is 0.463 e. The molecule has 0 spiro atoms. The fourth-order valence-electron chi connectivity index (χ4n) is 0.968. The summed E-state index contributed by atoms with van der Waals surface area (Å²) in [6.07, 6.45) is 0.147. The van der Waals surface area contributed by atoms with Crippen LogP contribution in [0.4, 0.5) is 0 Å². The second-order valence-corrected chi connectivity index (χ2v) is 2.70. The Morgan fingerprint density at radius 2 is 2.42 bits per heavy atom. The molecule has 1 saturated heterocycles. The third-order valence-corrected chi connectivity index (χ3v) is 1.62. The van der Waals surface area contributed by atoms with Crippen molar-refractivity contribution in [3.8, 4) is 0 Å². The van der Waals surface area contributed by atoms with Crippen molar-refractivity contribution in [2.24, 2.45) is 0 Å². The van der Waals surface area contributed by atoms with Gasteiger partial charge in [0.2, 0.25) is 0 Å². The van der Waals surface area contributed by atoms with Gasteiger partial charge in [0.1, 0.15) is 12.7 Å². The molecule has 1 aliphatic heterocycles. The van der Waals surface area contributed by atoms with Crippen LogP contribution in [0, 0.1) is 0 Å². The van der Waals surface area contributed by atoms with Crippen molar-refractivity contribution in [3.05, 3.63) is 0 Å². The summed E-state index contributed by atoms with van der Waals surface area (Å²) in [5.74, 6) is -0.196. The molecule has 2 atom stereocenters. The molecule has 0 aromatic carbocycles. The summed E-state index contributed by atoms with van der Waals surface area (Å²) in [5.41, 5.74) is 0. The quantitative estimate of drug-likeness (QED) is 0.591. The summed E-state index contributed by atoms with van der Waals surface area (Å²) < 4.78 is 15.3. The molecule has 1 rings (SSSR count). The molecule has 0 aliphatic carbocycles. The monoisotopic (exact) mass is 174 g/mol. The fourth-order valence-corrected chi connectivity index (χ4v) is 0.968. The Labute approximate surface area is 71.8 Å². The highest BCUT2D eigenvalue weighted by Crippen LogP contribution is 2.10. The summed E-state index contributed by atoms with van der Waals surface area (Å²) in [6, 6.07) is 0. The van der Waals surface area contributed by atoms with Gasteiger partial charge in [-0.1, -0.05) is 6.92 Å². The summed E-state index contributed by atoms with van der Waals surface area (Å²) in [4.78, 5) is 10.7. The SMILES string of the molecule is CCC(=O)OCC1CO[C@H](C)O1. The predicted octanol–water partition coefficient (Wildman–Crippen LogP) is 0.701. The third kappa shape index (κ3) is 2.79. The zero-order valence-electron chi connectivity index (χ0n) is 7.41.